The molecule has 2 rings (SSSR count). The van der Waals surface area contributed by atoms with E-state index in [2.05, 4.69) is 9.72 Å². The van der Waals surface area contributed by atoms with Gasteiger partial charge in [-0.05, 0) is 18.2 Å². The lowest BCUT2D eigenvalue weighted by Crippen LogP contribution is -2.02. The molecule has 0 aliphatic heterocycles. The molecule has 2 N–H and O–H groups in total. The van der Waals surface area contributed by atoms with Gasteiger partial charge in [0.05, 0.1) is 7.11 Å². The molecule has 6 heteroatoms. The van der Waals surface area contributed by atoms with Gasteiger partial charge in [-0.2, -0.15) is 0 Å². The fourth-order valence-electron chi connectivity index (χ4n) is 1.16. The molecule has 1 aromatic carbocycles. The average molecular weight is 238 g/mol. The first-order valence-electron chi connectivity index (χ1n) is 4.55. The molecule has 5 nitrogen and oxygen atoms in total. The molecule has 0 saturated heterocycles. The van der Waals surface area contributed by atoms with Crippen LogP contribution >= 0.6 is 11.8 Å². The smallest absolute Gasteiger partial charge is 0.316 e. The van der Waals surface area contributed by atoms with E-state index in [1.54, 1.807) is 18.2 Å². The van der Waals surface area contributed by atoms with Crippen LogP contribution in [0.2, 0.25) is 0 Å². The molecule has 84 valence electrons. The molecule has 0 amide bonds. The van der Waals surface area contributed by atoms with Gasteiger partial charge in [0.25, 0.3) is 5.22 Å². The van der Waals surface area contributed by atoms with Gasteiger partial charge in [-0.1, -0.05) is 11.8 Å². The van der Waals surface area contributed by atoms with Gasteiger partial charge >= 0.3 is 5.97 Å². The zero-order valence-electron chi connectivity index (χ0n) is 8.60. The van der Waals surface area contributed by atoms with Crippen molar-refractivity contribution in [1.29, 1.82) is 0 Å². The van der Waals surface area contributed by atoms with E-state index >= 15 is 0 Å². The standard InChI is InChI=1S/C10H10N2O3S/c1-14-9(13)5-16-10-12-7-4-6(11)2-3-8(7)15-10/h2-4H,5,11H2,1H3. The Balaban J connectivity index is 2.16. The van der Waals surface area contributed by atoms with Crippen LogP contribution < -0.4 is 5.73 Å². The average Bonchev–Trinajstić information content (AvgIpc) is 2.67. The lowest BCUT2D eigenvalue weighted by atomic mass is 10.3. The molecule has 0 radical (unpaired) electrons. The van der Waals surface area contributed by atoms with E-state index in [4.69, 9.17) is 10.2 Å². The number of oxazole rings is 1. The maximum Gasteiger partial charge on any atom is 0.316 e. The number of aromatic nitrogens is 1. The Morgan fingerprint density at radius 1 is 1.62 bits per heavy atom. The minimum absolute atomic E-state index is 0.179. The van der Waals surface area contributed by atoms with Gasteiger partial charge < -0.3 is 14.9 Å². The topological polar surface area (TPSA) is 78.3 Å². The van der Waals surface area contributed by atoms with E-state index in [0.717, 1.165) is 0 Å². The number of fused-ring (bicyclic) bond motifs is 1. The van der Waals surface area contributed by atoms with Gasteiger partial charge in [-0.25, -0.2) is 4.98 Å². The Kier molecular flexibility index (Phi) is 3.00. The van der Waals surface area contributed by atoms with Crippen LogP contribution in [0.3, 0.4) is 0 Å². The van der Waals surface area contributed by atoms with Crippen molar-refractivity contribution >= 4 is 34.5 Å². The number of hydrogen-bond acceptors (Lipinski definition) is 6. The largest absolute Gasteiger partial charge is 0.468 e. The SMILES string of the molecule is COC(=O)CSc1nc2cc(N)ccc2o1. The second-order valence-electron chi connectivity index (χ2n) is 3.07. The summed E-state index contributed by atoms with van der Waals surface area (Å²) in [6.07, 6.45) is 0. The van der Waals surface area contributed by atoms with Gasteiger partial charge in [0.2, 0.25) is 0 Å². The van der Waals surface area contributed by atoms with E-state index < -0.39 is 0 Å². The van der Waals surface area contributed by atoms with Crippen LogP contribution in [0.25, 0.3) is 11.1 Å². The van der Waals surface area contributed by atoms with Gasteiger partial charge in [0, 0.05) is 5.69 Å². The van der Waals surface area contributed by atoms with Crippen molar-refractivity contribution in [3.63, 3.8) is 0 Å². The highest BCUT2D eigenvalue weighted by molar-refractivity contribution is 7.99. The Bertz CT molecular complexity index is 524. The van der Waals surface area contributed by atoms with Crippen molar-refractivity contribution in [3.05, 3.63) is 18.2 Å². The second kappa shape index (κ2) is 4.44. The molecule has 16 heavy (non-hydrogen) atoms. The Hall–Kier alpha value is -1.69. The predicted molar refractivity (Wildman–Crippen MR) is 61.2 cm³/mol. The zero-order chi connectivity index (χ0) is 11.5. The predicted octanol–water partition coefficient (Wildman–Crippen LogP) is 1.68. The van der Waals surface area contributed by atoms with Crippen LogP contribution in [0, 0.1) is 0 Å². The molecule has 0 atom stereocenters. The second-order valence-corrected chi connectivity index (χ2v) is 4.00. The van der Waals surface area contributed by atoms with Crippen molar-refractivity contribution in [1.82, 2.24) is 4.98 Å². The van der Waals surface area contributed by atoms with Crippen LogP contribution in [0.15, 0.2) is 27.8 Å². The molecule has 2 aromatic rings. The minimum atomic E-state index is -0.313. The molecule has 1 heterocycles. The Morgan fingerprint density at radius 3 is 3.19 bits per heavy atom. The molecular weight excluding hydrogens is 228 g/mol. The summed E-state index contributed by atoms with van der Waals surface area (Å²) in [5.41, 5.74) is 7.59. The fourth-order valence-corrected chi connectivity index (χ4v) is 1.84. The highest BCUT2D eigenvalue weighted by Crippen LogP contribution is 2.24. The summed E-state index contributed by atoms with van der Waals surface area (Å²) in [6.45, 7) is 0. The zero-order valence-corrected chi connectivity index (χ0v) is 9.41. The molecule has 1 aromatic heterocycles. The summed E-state index contributed by atoms with van der Waals surface area (Å²) in [7, 11) is 1.34. The number of anilines is 1. The van der Waals surface area contributed by atoms with Crippen LogP contribution in [-0.4, -0.2) is 23.8 Å². The summed E-state index contributed by atoms with van der Waals surface area (Å²) in [6, 6.07) is 5.21. The number of ether oxygens (including phenoxy) is 1. The number of nitrogens with zero attached hydrogens (tertiary/aromatic N) is 1. The van der Waals surface area contributed by atoms with E-state index in [0.29, 0.717) is 22.0 Å². The van der Waals surface area contributed by atoms with Crippen LogP contribution in [-0.2, 0) is 9.53 Å². The van der Waals surface area contributed by atoms with Gasteiger partial charge in [-0.3, -0.25) is 4.79 Å². The number of nitrogens with two attached hydrogens (primary N) is 1. The number of thioether (sulfide) groups is 1. The monoisotopic (exact) mass is 238 g/mol. The first-order chi connectivity index (χ1) is 7.69. The number of carbonyl (C=O) groups excluding carboxylic acids is 1. The first kappa shape index (κ1) is 10.8. The van der Waals surface area contributed by atoms with Gasteiger partial charge in [-0.15, -0.1) is 0 Å². The van der Waals surface area contributed by atoms with Crippen molar-refractivity contribution in [2.24, 2.45) is 0 Å². The summed E-state index contributed by atoms with van der Waals surface area (Å²) in [4.78, 5) is 15.1. The van der Waals surface area contributed by atoms with Gasteiger partial charge in [0.1, 0.15) is 11.3 Å². The molecule has 0 aliphatic rings. The molecular formula is C10H10N2O3S. The summed E-state index contributed by atoms with van der Waals surface area (Å²) in [5.74, 6) is -0.134. The van der Waals surface area contributed by atoms with Crippen LogP contribution in [0.1, 0.15) is 0 Å². The van der Waals surface area contributed by atoms with Crippen LogP contribution in [0.4, 0.5) is 5.69 Å². The summed E-state index contributed by atoms with van der Waals surface area (Å²) < 4.78 is 9.92. The van der Waals surface area contributed by atoms with Crippen molar-refractivity contribution in [2.45, 2.75) is 5.22 Å². The van der Waals surface area contributed by atoms with Gasteiger partial charge in [0.15, 0.2) is 5.58 Å². The Morgan fingerprint density at radius 2 is 2.44 bits per heavy atom. The quantitative estimate of drug-likeness (QED) is 0.498. The van der Waals surface area contributed by atoms with E-state index in [9.17, 15) is 4.79 Å². The number of rotatable bonds is 3. The lowest BCUT2D eigenvalue weighted by molar-refractivity contribution is -0.137. The normalized spacial score (nSPS) is 10.6. The van der Waals surface area contributed by atoms with Crippen molar-refractivity contribution in [3.8, 4) is 0 Å². The molecule has 0 saturated carbocycles. The molecule has 0 fully saturated rings. The Labute approximate surface area is 96.0 Å². The third kappa shape index (κ3) is 2.27. The van der Waals surface area contributed by atoms with Crippen molar-refractivity contribution in [2.75, 3.05) is 18.6 Å². The highest BCUT2D eigenvalue weighted by atomic mass is 32.2. The maximum atomic E-state index is 10.9. The minimum Gasteiger partial charge on any atom is -0.468 e. The molecule has 0 spiro atoms. The highest BCUT2D eigenvalue weighted by Gasteiger charge is 2.09. The first-order valence-corrected chi connectivity index (χ1v) is 5.53. The number of benzene rings is 1. The number of hydrogen-bond donors (Lipinski definition) is 1. The van der Waals surface area contributed by atoms with Crippen molar-refractivity contribution < 1.29 is 13.9 Å². The number of methoxy groups -OCH3 is 1. The summed E-state index contributed by atoms with van der Waals surface area (Å²) in [5, 5.41) is 0.436. The number of nitrogen functional groups attached to an aromatic ring is 1. The fraction of sp³-hybridized carbons (Fsp3) is 0.200. The number of esters is 1. The maximum absolute atomic E-state index is 10.9. The summed E-state index contributed by atoms with van der Waals surface area (Å²) >= 11 is 1.19. The van der Waals surface area contributed by atoms with E-state index in [1.165, 1.54) is 18.9 Å². The molecule has 0 aliphatic carbocycles. The number of carbonyl (C=O) groups is 1. The molecule has 0 bridgehead atoms. The molecule has 0 unspecified atom stereocenters. The third-order valence-electron chi connectivity index (χ3n) is 1.93. The third-order valence-corrected chi connectivity index (χ3v) is 2.73. The van der Waals surface area contributed by atoms with Crippen LogP contribution in [0.5, 0.6) is 0 Å². The van der Waals surface area contributed by atoms with E-state index in [1.807, 2.05) is 0 Å². The lowest BCUT2D eigenvalue weighted by Gasteiger charge is -1.94. The van der Waals surface area contributed by atoms with E-state index in [-0.39, 0.29) is 11.7 Å².